The fourth-order valence-corrected chi connectivity index (χ4v) is 2.90. The molecule has 0 spiro atoms. The smallest absolute Gasteiger partial charge is 0.188 e. The summed E-state index contributed by atoms with van der Waals surface area (Å²) in [6, 6.07) is 3.82. The van der Waals surface area contributed by atoms with E-state index in [9.17, 15) is 17.6 Å². The highest BCUT2D eigenvalue weighted by Crippen LogP contribution is 2.26. The molecule has 0 aliphatic rings. The van der Waals surface area contributed by atoms with Crippen molar-refractivity contribution in [3.63, 3.8) is 0 Å². The minimum absolute atomic E-state index is 0.0581. The highest BCUT2D eigenvalue weighted by Gasteiger charge is 2.11. The van der Waals surface area contributed by atoms with Crippen LogP contribution in [0.2, 0.25) is 0 Å². The summed E-state index contributed by atoms with van der Waals surface area (Å²) in [5, 5.41) is 18.0. The van der Waals surface area contributed by atoms with Gasteiger partial charge in [0, 0.05) is 24.3 Å². The Morgan fingerprint density at radius 2 is 0.767 bits per heavy atom. The van der Waals surface area contributed by atoms with E-state index in [1.165, 1.54) is 0 Å². The summed E-state index contributed by atoms with van der Waals surface area (Å²) in [6.07, 6.45) is 7.54. The second-order valence-electron chi connectivity index (χ2n) is 7.00. The predicted molar refractivity (Wildman–Crippen MR) is 104 cm³/mol. The maximum Gasteiger partial charge on any atom is 0.188 e. The Labute approximate surface area is 173 Å². The van der Waals surface area contributed by atoms with E-state index < -0.39 is 34.8 Å². The molecule has 4 nitrogen and oxygen atoms in total. The molecule has 0 heterocycles. The van der Waals surface area contributed by atoms with Crippen LogP contribution in [0.25, 0.3) is 0 Å². The van der Waals surface area contributed by atoms with Gasteiger partial charge in [0.05, 0.1) is 13.2 Å². The normalized spacial score (nSPS) is 10.9. The van der Waals surface area contributed by atoms with E-state index in [-0.39, 0.29) is 11.5 Å². The molecule has 2 aromatic carbocycles. The molecular formula is C22H26F4O4. The molecule has 2 aromatic rings. The van der Waals surface area contributed by atoms with Crippen molar-refractivity contribution >= 4 is 0 Å². The summed E-state index contributed by atoms with van der Waals surface area (Å²) in [5.41, 5.74) is 0. The Kier molecular flexibility index (Phi) is 9.57. The molecule has 2 rings (SSSR count). The Morgan fingerprint density at radius 1 is 0.500 bits per heavy atom. The first-order valence-electron chi connectivity index (χ1n) is 10.00. The maximum absolute atomic E-state index is 13.2. The quantitative estimate of drug-likeness (QED) is 0.292. The van der Waals surface area contributed by atoms with Gasteiger partial charge in [-0.15, -0.1) is 0 Å². The van der Waals surface area contributed by atoms with Crippen molar-refractivity contribution in [1.29, 1.82) is 0 Å². The van der Waals surface area contributed by atoms with E-state index in [2.05, 4.69) is 0 Å². The minimum atomic E-state index is -1.04. The molecule has 0 aliphatic carbocycles. The van der Waals surface area contributed by atoms with E-state index >= 15 is 0 Å². The minimum Gasteiger partial charge on any atom is -0.503 e. The van der Waals surface area contributed by atoms with Gasteiger partial charge in [-0.3, -0.25) is 0 Å². The fourth-order valence-electron chi connectivity index (χ4n) is 2.90. The highest BCUT2D eigenvalue weighted by molar-refractivity contribution is 5.34. The number of ether oxygens (including phenoxy) is 2. The summed E-state index contributed by atoms with van der Waals surface area (Å²) in [6.45, 7) is 0.693. The van der Waals surface area contributed by atoms with Crippen molar-refractivity contribution in [3.8, 4) is 23.0 Å². The van der Waals surface area contributed by atoms with Crippen LogP contribution in [-0.2, 0) is 0 Å². The number of benzene rings is 2. The number of hydrogen-bond donors (Lipinski definition) is 2. The van der Waals surface area contributed by atoms with Crippen LogP contribution >= 0.6 is 0 Å². The number of halogens is 4. The molecule has 0 aromatic heterocycles. The van der Waals surface area contributed by atoms with Gasteiger partial charge in [-0.05, 0) is 12.8 Å². The van der Waals surface area contributed by atoms with Crippen LogP contribution < -0.4 is 9.47 Å². The Bertz CT molecular complexity index is 700. The van der Waals surface area contributed by atoms with Gasteiger partial charge < -0.3 is 19.7 Å². The standard InChI is InChI=1S/C22H26F4O4/c23-17-11-15(12-18(24)21(17)27)29-9-7-5-3-1-2-4-6-8-10-30-16-13-19(25)22(28)20(26)14-16/h11-14,27-28H,1-10H2. The average Bonchev–Trinajstić information content (AvgIpc) is 2.70. The molecule has 0 radical (unpaired) electrons. The number of aromatic hydroxyl groups is 2. The molecule has 0 amide bonds. The van der Waals surface area contributed by atoms with Gasteiger partial charge in [-0.25, -0.2) is 17.6 Å². The topological polar surface area (TPSA) is 58.9 Å². The third kappa shape index (κ3) is 7.65. The predicted octanol–water partition coefficient (Wildman–Crippen LogP) is 6.23. The van der Waals surface area contributed by atoms with Crippen LogP contribution in [0.15, 0.2) is 24.3 Å². The van der Waals surface area contributed by atoms with Crippen molar-refractivity contribution in [2.24, 2.45) is 0 Å². The molecule has 0 fully saturated rings. The first-order valence-corrected chi connectivity index (χ1v) is 10.00. The van der Waals surface area contributed by atoms with Crippen molar-refractivity contribution in [1.82, 2.24) is 0 Å². The van der Waals surface area contributed by atoms with Crippen LogP contribution in [0.1, 0.15) is 51.4 Å². The van der Waals surface area contributed by atoms with E-state index in [1.807, 2.05) is 0 Å². The van der Waals surface area contributed by atoms with Crippen molar-refractivity contribution in [2.45, 2.75) is 51.4 Å². The molecule has 0 aliphatic heterocycles. The van der Waals surface area contributed by atoms with Gasteiger partial charge in [0.1, 0.15) is 11.5 Å². The number of hydrogen-bond acceptors (Lipinski definition) is 4. The zero-order chi connectivity index (χ0) is 21.9. The van der Waals surface area contributed by atoms with Crippen LogP contribution in [0.4, 0.5) is 17.6 Å². The van der Waals surface area contributed by atoms with Gasteiger partial charge in [-0.2, -0.15) is 0 Å². The van der Waals surface area contributed by atoms with Gasteiger partial charge >= 0.3 is 0 Å². The Balaban J connectivity index is 1.44. The summed E-state index contributed by atoms with van der Waals surface area (Å²) < 4.78 is 63.3. The third-order valence-electron chi connectivity index (χ3n) is 4.56. The first kappa shape index (κ1) is 23.6. The van der Waals surface area contributed by atoms with Crippen molar-refractivity contribution < 1.29 is 37.2 Å². The lowest BCUT2D eigenvalue weighted by molar-refractivity contribution is 0.295. The average molecular weight is 430 g/mol. The zero-order valence-corrected chi connectivity index (χ0v) is 16.6. The molecule has 166 valence electrons. The number of phenols is 2. The first-order chi connectivity index (χ1) is 14.4. The number of rotatable bonds is 13. The van der Waals surface area contributed by atoms with E-state index in [1.54, 1.807) is 0 Å². The second kappa shape index (κ2) is 12.1. The van der Waals surface area contributed by atoms with Crippen LogP contribution in [-0.4, -0.2) is 23.4 Å². The third-order valence-corrected chi connectivity index (χ3v) is 4.56. The lowest BCUT2D eigenvalue weighted by Crippen LogP contribution is -1.99. The Hall–Kier alpha value is -2.64. The van der Waals surface area contributed by atoms with E-state index in [4.69, 9.17) is 19.7 Å². The van der Waals surface area contributed by atoms with Crippen molar-refractivity contribution in [3.05, 3.63) is 47.5 Å². The molecular weight excluding hydrogens is 404 g/mol. The molecule has 8 heteroatoms. The lowest BCUT2D eigenvalue weighted by atomic mass is 10.1. The Morgan fingerprint density at radius 3 is 1.07 bits per heavy atom. The summed E-state index contributed by atoms with van der Waals surface area (Å²) >= 11 is 0. The van der Waals surface area contributed by atoms with Crippen LogP contribution in [0.5, 0.6) is 23.0 Å². The summed E-state index contributed by atoms with van der Waals surface area (Å²) in [5.74, 6) is -6.06. The molecule has 0 unspecified atom stereocenters. The van der Waals surface area contributed by atoms with Gasteiger partial charge in [0.2, 0.25) is 0 Å². The monoisotopic (exact) mass is 430 g/mol. The molecule has 2 N–H and O–H groups in total. The second-order valence-corrected chi connectivity index (χ2v) is 7.00. The zero-order valence-electron chi connectivity index (χ0n) is 16.6. The number of phenolic OH excluding ortho intramolecular Hbond substituents is 2. The van der Waals surface area contributed by atoms with Gasteiger partial charge in [0.25, 0.3) is 0 Å². The van der Waals surface area contributed by atoms with Gasteiger partial charge in [-0.1, -0.05) is 38.5 Å². The fraction of sp³-hybridized carbons (Fsp3) is 0.455. The molecule has 0 saturated heterocycles. The number of unbranched alkanes of at least 4 members (excludes halogenated alkanes) is 7. The summed E-state index contributed by atoms with van der Waals surface area (Å²) in [4.78, 5) is 0. The SMILES string of the molecule is Oc1c(F)cc(OCCCCCCCCCCOc2cc(F)c(O)c(F)c2)cc1F. The van der Waals surface area contributed by atoms with E-state index in [0.717, 1.165) is 75.6 Å². The van der Waals surface area contributed by atoms with Gasteiger partial charge in [0.15, 0.2) is 34.8 Å². The summed E-state index contributed by atoms with van der Waals surface area (Å²) in [7, 11) is 0. The maximum atomic E-state index is 13.2. The largest absolute Gasteiger partial charge is 0.503 e. The highest BCUT2D eigenvalue weighted by atomic mass is 19.1. The molecule has 0 saturated carbocycles. The molecule has 30 heavy (non-hydrogen) atoms. The van der Waals surface area contributed by atoms with Crippen LogP contribution in [0, 0.1) is 23.3 Å². The van der Waals surface area contributed by atoms with Crippen LogP contribution in [0.3, 0.4) is 0 Å². The molecule has 0 atom stereocenters. The van der Waals surface area contributed by atoms with Crippen molar-refractivity contribution in [2.75, 3.05) is 13.2 Å². The molecule has 0 bridgehead atoms. The van der Waals surface area contributed by atoms with E-state index in [0.29, 0.717) is 13.2 Å². The lowest BCUT2D eigenvalue weighted by Gasteiger charge is -2.08.